The Hall–Kier alpha value is -1.28. The summed E-state index contributed by atoms with van der Waals surface area (Å²) >= 11 is 0. The average Bonchev–Trinajstić information content (AvgIpc) is 2.35. The zero-order chi connectivity index (χ0) is 13.2. The normalized spacial score (nSPS) is 10.6. The zero-order valence-corrected chi connectivity index (χ0v) is 11.6. The van der Waals surface area contributed by atoms with Crippen molar-refractivity contribution in [3.8, 4) is 5.75 Å². The van der Waals surface area contributed by atoms with Gasteiger partial charge in [0.1, 0.15) is 12.4 Å². The third-order valence-electron chi connectivity index (χ3n) is 2.77. The van der Waals surface area contributed by atoms with E-state index in [1.807, 2.05) is 24.3 Å². The van der Waals surface area contributed by atoms with Crippen LogP contribution < -0.4 is 10.1 Å². The fourth-order valence-electron chi connectivity index (χ4n) is 1.72. The van der Waals surface area contributed by atoms with Crippen molar-refractivity contribution < 1.29 is 4.74 Å². The second kappa shape index (κ2) is 8.76. The smallest absolute Gasteiger partial charge is 0.122 e. The van der Waals surface area contributed by atoms with Crippen molar-refractivity contribution in [3.63, 3.8) is 0 Å². The first-order valence-electron chi connectivity index (χ1n) is 6.76. The average molecular weight is 247 g/mol. The Labute approximate surface area is 111 Å². The monoisotopic (exact) mass is 247 g/mol. The molecule has 0 atom stereocenters. The van der Waals surface area contributed by atoms with Gasteiger partial charge in [0.05, 0.1) is 0 Å². The minimum atomic E-state index is 0.715. The number of nitrogens with one attached hydrogen (secondary N) is 1. The second-order valence-electron chi connectivity index (χ2n) is 4.88. The summed E-state index contributed by atoms with van der Waals surface area (Å²) in [7, 11) is 0. The van der Waals surface area contributed by atoms with Gasteiger partial charge in [-0.3, -0.25) is 0 Å². The van der Waals surface area contributed by atoms with Crippen LogP contribution in [0.2, 0.25) is 0 Å². The first-order valence-corrected chi connectivity index (χ1v) is 6.76. The third-order valence-corrected chi connectivity index (χ3v) is 2.77. The molecular formula is C16H25NO. The van der Waals surface area contributed by atoms with Crippen LogP contribution in [-0.4, -0.2) is 19.7 Å². The number of rotatable bonds is 9. The predicted molar refractivity (Wildman–Crippen MR) is 78.2 cm³/mol. The molecule has 100 valence electrons. The van der Waals surface area contributed by atoms with E-state index in [4.69, 9.17) is 4.74 Å². The highest BCUT2D eigenvalue weighted by Crippen LogP contribution is 2.18. The first kappa shape index (κ1) is 14.8. The van der Waals surface area contributed by atoms with Gasteiger partial charge in [-0.1, -0.05) is 38.1 Å². The summed E-state index contributed by atoms with van der Waals surface area (Å²) < 4.78 is 5.79. The maximum Gasteiger partial charge on any atom is 0.122 e. The highest BCUT2D eigenvalue weighted by molar-refractivity contribution is 5.34. The fourth-order valence-corrected chi connectivity index (χ4v) is 1.72. The largest absolute Gasteiger partial charge is 0.492 e. The summed E-state index contributed by atoms with van der Waals surface area (Å²) in [6.45, 7) is 10.9. The number of para-hydroxylation sites is 1. The molecule has 2 heteroatoms. The van der Waals surface area contributed by atoms with E-state index >= 15 is 0 Å². The van der Waals surface area contributed by atoms with E-state index in [0.29, 0.717) is 6.61 Å². The second-order valence-corrected chi connectivity index (χ2v) is 4.88. The third kappa shape index (κ3) is 5.87. The lowest BCUT2D eigenvalue weighted by atomic mass is 10.1. The zero-order valence-electron chi connectivity index (χ0n) is 11.6. The Bertz CT molecular complexity index is 347. The van der Waals surface area contributed by atoms with Gasteiger partial charge in [-0.2, -0.15) is 0 Å². The minimum absolute atomic E-state index is 0.715. The van der Waals surface area contributed by atoms with Crippen LogP contribution >= 0.6 is 0 Å². The van der Waals surface area contributed by atoms with Gasteiger partial charge >= 0.3 is 0 Å². The molecule has 0 aliphatic heterocycles. The minimum Gasteiger partial charge on any atom is -0.492 e. The molecule has 2 nitrogen and oxygen atoms in total. The van der Waals surface area contributed by atoms with Crippen molar-refractivity contribution in [2.45, 2.75) is 26.7 Å². The van der Waals surface area contributed by atoms with Crippen molar-refractivity contribution in [1.82, 2.24) is 5.32 Å². The molecule has 1 aromatic carbocycles. The summed E-state index contributed by atoms with van der Waals surface area (Å²) in [6.07, 6.45) is 3.98. The molecule has 0 saturated heterocycles. The quantitative estimate of drug-likeness (QED) is 0.533. The first-order chi connectivity index (χ1) is 8.74. The van der Waals surface area contributed by atoms with Crippen LogP contribution in [0.4, 0.5) is 0 Å². The van der Waals surface area contributed by atoms with Crippen molar-refractivity contribution in [2.75, 3.05) is 19.7 Å². The SMILES string of the molecule is C=CCc1ccccc1OCCNCCC(C)C. The van der Waals surface area contributed by atoms with Gasteiger partial charge < -0.3 is 10.1 Å². The van der Waals surface area contributed by atoms with E-state index in [0.717, 1.165) is 31.2 Å². The maximum atomic E-state index is 5.79. The van der Waals surface area contributed by atoms with E-state index in [-0.39, 0.29) is 0 Å². The Morgan fingerprint density at radius 3 is 2.78 bits per heavy atom. The van der Waals surface area contributed by atoms with E-state index in [1.54, 1.807) is 0 Å². The number of hydrogen-bond donors (Lipinski definition) is 1. The lowest BCUT2D eigenvalue weighted by Crippen LogP contribution is -2.23. The van der Waals surface area contributed by atoms with Gasteiger partial charge in [0, 0.05) is 6.54 Å². The van der Waals surface area contributed by atoms with Gasteiger partial charge in [0.15, 0.2) is 0 Å². The lowest BCUT2D eigenvalue weighted by molar-refractivity contribution is 0.310. The number of benzene rings is 1. The van der Waals surface area contributed by atoms with Crippen molar-refractivity contribution >= 4 is 0 Å². The van der Waals surface area contributed by atoms with Crippen LogP contribution in [0.3, 0.4) is 0 Å². The molecule has 0 heterocycles. The Morgan fingerprint density at radius 2 is 2.06 bits per heavy atom. The molecule has 0 bridgehead atoms. The predicted octanol–water partition coefficient (Wildman–Crippen LogP) is 3.43. The van der Waals surface area contributed by atoms with Gasteiger partial charge in [0.2, 0.25) is 0 Å². The maximum absolute atomic E-state index is 5.79. The number of hydrogen-bond acceptors (Lipinski definition) is 2. The van der Waals surface area contributed by atoms with E-state index in [9.17, 15) is 0 Å². The molecule has 0 saturated carbocycles. The number of allylic oxidation sites excluding steroid dienone is 1. The molecular weight excluding hydrogens is 222 g/mol. The van der Waals surface area contributed by atoms with Crippen LogP contribution in [0, 0.1) is 5.92 Å². The Kier molecular flexibility index (Phi) is 7.19. The standard InChI is InChI=1S/C16H25NO/c1-4-7-15-8-5-6-9-16(15)18-13-12-17-11-10-14(2)3/h4-6,8-9,14,17H,1,7,10-13H2,2-3H3. The van der Waals surface area contributed by atoms with E-state index in [2.05, 4.69) is 31.8 Å². The van der Waals surface area contributed by atoms with Gasteiger partial charge in [-0.05, 0) is 36.9 Å². The van der Waals surface area contributed by atoms with Crippen molar-refractivity contribution in [3.05, 3.63) is 42.5 Å². The molecule has 1 rings (SSSR count). The van der Waals surface area contributed by atoms with Crippen LogP contribution in [0.15, 0.2) is 36.9 Å². The topological polar surface area (TPSA) is 21.3 Å². The van der Waals surface area contributed by atoms with Crippen LogP contribution in [0.5, 0.6) is 5.75 Å². The summed E-state index contributed by atoms with van der Waals surface area (Å²) in [4.78, 5) is 0. The van der Waals surface area contributed by atoms with Crippen molar-refractivity contribution in [1.29, 1.82) is 0 Å². The molecule has 1 N–H and O–H groups in total. The highest BCUT2D eigenvalue weighted by atomic mass is 16.5. The van der Waals surface area contributed by atoms with Crippen molar-refractivity contribution in [2.24, 2.45) is 5.92 Å². The lowest BCUT2D eigenvalue weighted by Gasteiger charge is -2.11. The summed E-state index contributed by atoms with van der Waals surface area (Å²) in [5.74, 6) is 1.73. The highest BCUT2D eigenvalue weighted by Gasteiger charge is 2.00. The van der Waals surface area contributed by atoms with E-state index in [1.165, 1.54) is 12.0 Å². The molecule has 0 unspecified atom stereocenters. The molecule has 0 fully saturated rings. The molecule has 0 aliphatic rings. The van der Waals surface area contributed by atoms with Crippen LogP contribution in [-0.2, 0) is 6.42 Å². The molecule has 0 aliphatic carbocycles. The Balaban J connectivity index is 2.24. The van der Waals surface area contributed by atoms with Crippen LogP contribution in [0.25, 0.3) is 0 Å². The molecule has 0 aromatic heterocycles. The van der Waals surface area contributed by atoms with Gasteiger partial charge in [-0.15, -0.1) is 6.58 Å². The fraction of sp³-hybridized carbons (Fsp3) is 0.500. The molecule has 0 radical (unpaired) electrons. The molecule has 1 aromatic rings. The summed E-state index contributed by atoms with van der Waals surface area (Å²) in [5.41, 5.74) is 1.20. The Morgan fingerprint density at radius 1 is 1.28 bits per heavy atom. The van der Waals surface area contributed by atoms with Crippen LogP contribution in [0.1, 0.15) is 25.8 Å². The molecule has 18 heavy (non-hydrogen) atoms. The molecule has 0 spiro atoms. The number of ether oxygens (including phenoxy) is 1. The summed E-state index contributed by atoms with van der Waals surface area (Å²) in [6, 6.07) is 8.15. The molecule has 0 amide bonds. The van der Waals surface area contributed by atoms with Gasteiger partial charge in [-0.25, -0.2) is 0 Å². The summed E-state index contributed by atoms with van der Waals surface area (Å²) in [5, 5.41) is 3.39. The van der Waals surface area contributed by atoms with E-state index < -0.39 is 0 Å². The van der Waals surface area contributed by atoms with Gasteiger partial charge in [0.25, 0.3) is 0 Å².